The lowest BCUT2D eigenvalue weighted by Crippen LogP contribution is -2.36. The van der Waals surface area contributed by atoms with E-state index in [4.69, 9.17) is 0 Å². The molecule has 15 heavy (non-hydrogen) atoms. The topological polar surface area (TPSA) is 35.6 Å². The number of hydrogen-bond donors (Lipinski definition) is 1. The van der Waals surface area contributed by atoms with Gasteiger partial charge in [0.1, 0.15) is 0 Å². The zero-order valence-electron chi connectivity index (χ0n) is 9.96. The second kappa shape index (κ2) is 6.80. The van der Waals surface area contributed by atoms with Gasteiger partial charge in [-0.3, -0.25) is 4.79 Å². The number of amides is 1. The summed E-state index contributed by atoms with van der Waals surface area (Å²) in [4.78, 5) is 15.6. The van der Waals surface area contributed by atoms with E-state index in [1.165, 1.54) is 0 Å². The second-order valence-electron chi connectivity index (χ2n) is 4.05. The molecule has 4 nitrogen and oxygen atoms in total. The van der Waals surface area contributed by atoms with E-state index in [2.05, 4.69) is 17.1 Å². The fourth-order valence-electron chi connectivity index (χ4n) is 1.92. The van der Waals surface area contributed by atoms with Gasteiger partial charge >= 0.3 is 0 Å². The minimum atomic E-state index is 0.212. The van der Waals surface area contributed by atoms with E-state index in [-0.39, 0.29) is 5.91 Å². The van der Waals surface area contributed by atoms with Crippen LogP contribution in [0, 0.1) is 0 Å². The second-order valence-corrected chi connectivity index (χ2v) is 4.05. The molecule has 1 N–H and O–H groups in total. The van der Waals surface area contributed by atoms with Gasteiger partial charge in [0.2, 0.25) is 5.91 Å². The van der Waals surface area contributed by atoms with Crippen molar-refractivity contribution in [1.29, 1.82) is 0 Å². The average Bonchev–Trinajstić information content (AvgIpc) is 2.44. The van der Waals surface area contributed by atoms with Crippen molar-refractivity contribution in [3.8, 4) is 0 Å². The molecule has 1 heterocycles. The predicted octanol–water partition coefficient (Wildman–Crippen LogP) is 0.150. The first-order chi connectivity index (χ1) is 7.24. The lowest BCUT2D eigenvalue weighted by molar-refractivity contribution is -0.128. The number of nitrogens with zero attached hydrogens (tertiary/aromatic N) is 2. The molecule has 1 saturated heterocycles. The van der Waals surface area contributed by atoms with Crippen LogP contribution in [-0.4, -0.2) is 61.5 Å². The summed E-state index contributed by atoms with van der Waals surface area (Å²) in [5, 5.41) is 3.33. The summed E-state index contributed by atoms with van der Waals surface area (Å²) < 4.78 is 0. The molecule has 0 bridgehead atoms. The highest BCUT2D eigenvalue weighted by atomic mass is 16.2. The number of hydrogen-bond acceptors (Lipinski definition) is 3. The van der Waals surface area contributed by atoms with Crippen molar-refractivity contribution < 1.29 is 4.79 Å². The molecule has 1 amide bonds. The Morgan fingerprint density at radius 1 is 1.27 bits per heavy atom. The first-order valence-electron chi connectivity index (χ1n) is 5.92. The van der Waals surface area contributed by atoms with Crippen LogP contribution in [-0.2, 0) is 4.79 Å². The fraction of sp³-hybridized carbons (Fsp3) is 0.909. The molecule has 4 heteroatoms. The molecule has 0 aromatic rings. The maximum atomic E-state index is 11.2. The minimum Gasteiger partial charge on any atom is -0.342 e. The molecular formula is C11H23N3O. The Morgan fingerprint density at radius 3 is 2.73 bits per heavy atom. The molecule has 88 valence electrons. The SMILES string of the molecule is CCNCCN1CCCN(C(C)=O)CC1. The summed E-state index contributed by atoms with van der Waals surface area (Å²) >= 11 is 0. The van der Waals surface area contributed by atoms with E-state index in [0.717, 1.165) is 52.2 Å². The van der Waals surface area contributed by atoms with E-state index in [1.54, 1.807) is 6.92 Å². The fourth-order valence-corrected chi connectivity index (χ4v) is 1.92. The van der Waals surface area contributed by atoms with Gasteiger partial charge < -0.3 is 15.1 Å². The first-order valence-corrected chi connectivity index (χ1v) is 5.92. The summed E-state index contributed by atoms with van der Waals surface area (Å²) in [7, 11) is 0. The van der Waals surface area contributed by atoms with Crippen LogP contribution in [0.1, 0.15) is 20.3 Å². The summed E-state index contributed by atoms with van der Waals surface area (Å²) in [5.41, 5.74) is 0. The smallest absolute Gasteiger partial charge is 0.219 e. The Kier molecular flexibility index (Phi) is 5.65. The van der Waals surface area contributed by atoms with Crippen LogP contribution in [0.5, 0.6) is 0 Å². The van der Waals surface area contributed by atoms with E-state index < -0.39 is 0 Å². The van der Waals surface area contributed by atoms with Crippen molar-refractivity contribution in [3.05, 3.63) is 0 Å². The highest BCUT2D eigenvalue weighted by Crippen LogP contribution is 2.02. The Bertz CT molecular complexity index is 196. The molecule has 0 spiro atoms. The molecule has 0 aliphatic carbocycles. The van der Waals surface area contributed by atoms with Crippen LogP contribution >= 0.6 is 0 Å². The molecule has 0 saturated carbocycles. The van der Waals surface area contributed by atoms with Crippen molar-refractivity contribution in [2.45, 2.75) is 20.3 Å². The van der Waals surface area contributed by atoms with E-state index in [1.807, 2.05) is 4.90 Å². The van der Waals surface area contributed by atoms with Crippen molar-refractivity contribution >= 4 is 5.91 Å². The van der Waals surface area contributed by atoms with Crippen LogP contribution in [0.2, 0.25) is 0 Å². The number of nitrogens with one attached hydrogen (secondary N) is 1. The zero-order valence-corrected chi connectivity index (χ0v) is 9.96. The molecule has 0 atom stereocenters. The molecule has 0 radical (unpaired) electrons. The number of rotatable bonds is 4. The highest BCUT2D eigenvalue weighted by molar-refractivity contribution is 5.73. The molecule has 1 fully saturated rings. The Balaban J connectivity index is 2.23. The third-order valence-corrected chi connectivity index (χ3v) is 2.89. The number of carbonyl (C=O) groups excluding carboxylic acids is 1. The lowest BCUT2D eigenvalue weighted by Gasteiger charge is -2.20. The van der Waals surface area contributed by atoms with Gasteiger partial charge in [0.25, 0.3) is 0 Å². The Morgan fingerprint density at radius 2 is 2.07 bits per heavy atom. The third kappa shape index (κ3) is 4.62. The quantitative estimate of drug-likeness (QED) is 0.675. The van der Waals surface area contributed by atoms with Gasteiger partial charge in [0, 0.05) is 39.6 Å². The molecule has 0 unspecified atom stereocenters. The van der Waals surface area contributed by atoms with Crippen LogP contribution in [0.4, 0.5) is 0 Å². The zero-order chi connectivity index (χ0) is 11.1. The van der Waals surface area contributed by atoms with Gasteiger partial charge in [-0.05, 0) is 19.5 Å². The van der Waals surface area contributed by atoms with Crippen molar-refractivity contribution in [2.75, 3.05) is 45.8 Å². The molecule has 0 aromatic heterocycles. The normalized spacial score (nSPS) is 18.9. The van der Waals surface area contributed by atoms with Gasteiger partial charge in [0.15, 0.2) is 0 Å². The standard InChI is InChI=1S/C11H23N3O/c1-3-12-5-8-13-6-4-7-14(10-9-13)11(2)15/h12H,3-10H2,1-2H3. The monoisotopic (exact) mass is 213 g/mol. The summed E-state index contributed by atoms with van der Waals surface area (Å²) in [5.74, 6) is 0.212. The molecule has 0 aromatic carbocycles. The maximum absolute atomic E-state index is 11.2. The maximum Gasteiger partial charge on any atom is 0.219 e. The summed E-state index contributed by atoms with van der Waals surface area (Å²) in [6.07, 6.45) is 1.10. The highest BCUT2D eigenvalue weighted by Gasteiger charge is 2.15. The predicted molar refractivity (Wildman–Crippen MR) is 61.9 cm³/mol. The van der Waals surface area contributed by atoms with Crippen LogP contribution in [0.15, 0.2) is 0 Å². The third-order valence-electron chi connectivity index (χ3n) is 2.89. The van der Waals surface area contributed by atoms with Crippen molar-refractivity contribution in [2.24, 2.45) is 0 Å². The molecule has 1 rings (SSSR count). The van der Waals surface area contributed by atoms with Crippen LogP contribution < -0.4 is 5.32 Å². The van der Waals surface area contributed by atoms with Crippen LogP contribution in [0.25, 0.3) is 0 Å². The molecule has 1 aliphatic heterocycles. The minimum absolute atomic E-state index is 0.212. The average molecular weight is 213 g/mol. The van der Waals surface area contributed by atoms with Gasteiger partial charge in [-0.1, -0.05) is 6.92 Å². The van der Waals surface area contributed by atoms with Gasteiger partial charge in [-0.25, -0.2) is 0 Å². The molecule has 1 aliphatic rings. The Hall–Kier alpha value is -0.610. The largest absolute Gasteiger partial charge is 0.342 e. The van der Waals surface area contributed by atoms with E-state index in [0.29, 0.717) is 0 Å². The lowest BCUT2D eigenvalue weighted by atomic mass is 10.4. The number of likely N-dealkylation sites (N-methyl/N-ethyl adjacent to an activating group) is 1. The summed E-state index contributed by atoms with van der Waals surface area (Å²) in [6, 6.07) is 0. The van der Waals surface area contributed by atoms with E-state index in [9.17, 15) is 4.79 Å². The summed E-state index contributed by atoms with van der Waals surface area (Å²) in [6.45, 7) is 10.9. The van der Waals surface area contributed by atoms with Gasteiger partial charge in [-0.2, -0.15) is 0 Å². The van der Waals surface area contributed by atoms with E-state index >= 15 is 0 Å². The van der Waals surface area contributed by atoms with Crippen molar-refractivity contribution in [3.63, 3.8) is 0 Å². The van der Waals surface area contributed by atoms with Gasteiger partial charge in [-0.15, -0.1) is 0 Å². The van der Waals surface area contributed by atoms with Crippen LogP contribution in [0.3, 0.4) is 0 Å². The Labute approximate surface area is 92.6 Å². The van der Waals surface area contributed by atoms with Gasteiger partial charge in [0.05, 0.1) is 0 Å². The molecular weight excluding hydrogens is 190 g/mol. The van der Waals surface area contributed by atoms with Crippen molar-refractivity contribution in [1.82, 2.24) is 15.1 Å². The first kappa shape index (κ1) is 12.5. The number of carbonyl (C=O) groups is 1.